The van der Waals surface area contributed by atoms with Crippen molar-refractivity contribution in [1.29, 1.82) is 0 Å². The highest BCUT2D eigenvalue weighted by Crippen LogP contribution is 2.37. The zero-order valence-electron chi connectivity index (χ0n) is 18.0. The third kappa shape index (κ3) is 5.18. The zero-order valence-corrected chi connectivity index (χ0v) is 18.8. The van der Waals surface area contributed by atoms with Gasteiger partial charge in [0, 0.05) is 36.8 Å². The topological polar surface area (TPSA) is 73.0 Å². The molecule has 3 amide bonds. The zero-order chi connectivity index (χ0) is 24.5. The lowest BCUT2D eigenvalue weighted by atomic mass is 10.1. The second kappa shape index (κ2) is 9.63. The molecule has 2 aliphatic heterocycles. The fraction of sp³-hybridized carbons (Fsp3) is 0.348. The normalized spacial score (nSPS) is 19.3. The molecule has 0 saturated carbocycles. The Hall–Kier alpha value is -3.11. The number of nitrogens with one attached hydrogen (secondary N) is 1. The molecule has 1 saturated heterocycles. The third-order valence-electron chi connectivity index (χ3n) is 5.86. The third-order valence-corrected chi connectivity index (χ3v) is 6.10. The van der Waals surface area contributed by atoms with Crippen LogP contribution in [0.5, 0.6) is 0 Å². The van der Waals surface area contributed by atoms with Gasteiger partial charge in [0.15, 0.2) is 0 Å². The van der Waals surface area contributed by atoms with Crippen molar-refractivity contribution < 1.29 is 27.6 Å². The van der Waals surface area contributed by atoms with Crippen molar-refractivity contribution in [3.8, 4) is 0 Å². The van der Waals surface area contributed by atoms with Gasteiger partial charge in [0.05, 0.1) is 24.3 Å². The number of anilines is 2. The van der Waals surface area contributed by atoms with Gasteiger partial charge in [0.2, 0.25) is 11.8 Å². The summed E-state index contributed by atoms with van der Waals surface area (Å²) >= 11 is 5.96. The molecule has 180 valence electrons. The molecule has 0 aliphatic carbocycles. The maximum atomic E-state index is 13.9. The number of carbonyl (C=O) groups is 3. The van der Waals surface area contributed by atoms with E-state index in [9.17, 15) is 27.6 Å². The van der Waals surface area contributed by atoms with Gasteiger partial charge in [-0.1, -0.05) is 29.8 Å². The maximum absolute atomic E-state index is 13.9. The van der Waals surface area contributed by atoms with E-state index < -0.39 is 30.5 Å². The molecule has 4 rings (SSSR count). The summed E-state index contributed by atoms with van der Waals surface area (Å²) in [6.45, 7) is 1.01. The SMILES string of the molecule is O=C1CC(C(F)(F)F)N(C(=O)CN2CCN(C(=O)c3cccc(Cl)c3)CC2)c2ccccc2N1. The second-order valence-electron chi connectivity index (χ2n) is 8.17. The Balaban J connectivity index is 1.47. The van der Waals surface area contributed by atoms with Crippen LogP contribution in [-0.2, 0) is 9.59 Å². The summed E-state index contributed by atoms with van der Waals surface area (Å²) < 4.78 is 41.6. The van der Waals surface area contributed by atoms with Crippen LogP contribution in [0.2, 0.25) is 5.02 Å². The maximum Gasteiger partial charge on any atom is 0.409 e. The van der Waals surface area contributed by atoms with Crippen LogP contribution in [0.4, 0.5) is 24.5 Å². The molecule has 1 unspecified atom stereocenters. The summed E-state index contributed by atoms with van der Waals surface area (Å²) in [5.74, 6) is -1.77. The molecule has 11 heteroatoms. The smallest absolute Gasteiger partial charge is 0.336 e. The Labute approximate surface area is 199 Å². The fourth-order valence-corrected chi connectivity index (χ4v) is 4.37. The number of hydrogen-bond acceptors (Lipinski definition) is 4. The minimum absolute atomic E-state index is 0.00967. The van der Waals surface area contributed by atoms with E-state index in [1.54, 1.807) is 40.1 Å². The van der Waals surface area contributed by atoms with Crippen LogP contribution in [0, 0.1) is 0 Å². The lowest BCUT2D eigenvalue weighted by molar-refractivity contribution is -0.158. The molecule has 2 aromatic rings. The summed E-state index contributed by atoms with van der Waals surface area (Å²) in [6, 6.07) is 10.3. The standard InChI is InChI=1S/C23H22ClF3N4O3/c24-16-5-3-4-15(12-16)22(34)30-10-8-29(9-11-30)14-21(33)31-18-7-2-1-6-17(18)28-20(32)13-19(31)23(25,26)27/h1-7,12,19H,8-11,13-14H2,(H,28,32). The van der Waals surface area contributed by atoms with Gasteiger partial charge in [-0.15, -0.1) is 0 Å². The Morgan fingerprint density at radius 3 is 2.41 bits per heavy atom. The van der Waals surface area contributed by atoms with Crippen LogP contribution in [0.1, 0.15) is 16.8 Å². The molecule has 7 nitrogen and oxygen atoms in total. The first kappa shape index (κ1) is 24.0. The highest BCUT2D eigenvalue weighted by molar-refractivity contribution is 6.31. The van der Waals surface area contributed by atoms with Gasteiger partial charge < -0.3 is 10.2 Å². The molecule has 1 N–H and O–H groups in total. The first-order valence-electron chi connectivity index (χ1n) is 10.7. The number of amides is 3. The molecule has 2 heterocycles. The van der Waals surface area contributed by atoms with Crippen molar-refractivity contribution in [1.82, 2.24) is 9.80 Å². The monoisotopic (exact) mass is 494 g/mol. The van der Waals surface area contributed by atoms with Gasteiger partial charge in [-0.3, -0.25) is 24.2 Å². The highest BCUT2D eigenvalue weighted by Gasteiger charge is 2.49. The number of fused-ring (bicyclic) bond motifs is 1. The van der Waals surface area contributed by atoms with Crippen LogP contribution in [0.15, 0.2) is 48.5 Å². The van der Waals surface area contributed by atoms with Crippen molar-refractivity contribution in [2.75, 3.05) is 42.9 Å². The summed E-state index contributed by atoms with van der Waals surface area (Å²) in [5.41, 5.74) is 0.614. The van der Waals surface area contributed by atoms with E-state index in [0.29, 0.717) is 41.7 Å². The second-order valence-corrected chi connectivity index (χ2v) is 8.61. The number of hydrogen-bond donors (Lipinski definition) is 1. The molecule has 1 atom stereocenters. The molecule has 2 aliphatic rings. The van der Waals surface area contributed by atoms with E-state index in [-0.39, 0.29) is 23.8 Å². The van der Waals surface area contributed by atoms with E-state index in [1.807, 2.05) is 0 Å². The highest BCUT2D eigenvalue weighted by atomic mass is 35.5. The van der Waals surface area contributed by atoms with Crippen molar-refractivity contribution in [2.45, 2.75) is 18.6 Å². The number of nitrogens with zero attached hydrogens (tertiary/aromatic N) is 3. The number of rotatable bonds is 3. The average molecular weight is 495 g/mol. The molecule has 0 spiro atoms. The average Bonchev–Trinajstić information content (AvgIpc) is 2.95. The van der Waals surface area contributed by atoms with Gasteiger partial charge in [0.25, 0.3) is 5.91 Å². The Kier molecular flexibility index (Phi) is 6.81. The Morgan fingerprint density at radius 1 is 1.03 bits per heavy atom. The predicted molar refractivity (Wildman–Crippen MR) is 121 cm³/mol. The van der Waals surface area contributed by atoms with Gasteiger partial charge in [-0.25, -0.2) is 0 Å². The van der Waals surface area contributed by atoms with Crippen LogP contribution in [0.25, 0.3) is 0 Å². The fourth-order valence-electron chi connectivity index (χ4n) is 4.18. The van der Waals surface area contributed by atoms with Crippen molar-refractivity contribution in [3.63, 3.8) is 0 Å². The van der Waals surface area contributed by atoms with Crippen LogP contribution >= 0.6 is 11.6 Å². The molecular formula is C23H22ClF3N4O3. The number of para-hydroxylation sites is 2. The molecule has 1 fully saturated rings. The molecule has 0 radical (unpaired) electrons. The molecule has 34 heavy (non-hydrogen) atoms. The molecule has 0 aromatic heterocycles. The van der Waals surface area contributed by atoms with E-state index in [0.717, 1.165) is 0 Å². The lowest BCUT2D eigenvalue weighted by Gasteiger charge is -2.37. The van der Waals surface area contributed by atoms with E-state index in [4.69, 9.17) is 11.6 Å². The molecule has 2 aromatic carbocycles. The number of halogens is 4. The Morgan fingerprint density at radius 2 is 1.74 bits per heavy atom. The summed E-state index contributed by atoms with van der Waals surface area (Å²) in [4.78, 5) is 42.0. The first-order valence-corrected chi connectivity index (χ1v) is 11.1. The van der Waals surface area contributed by atoms with Crippen LogP contribution < -0.4 is 10.2 Å². The van der Waals surface area contributed by atoms with Gasteiger partial charge in [-0.05, 0) is 30.3 Å². The van der Waals surface area contributed by atoms with Crippen molar-refractivity contribution >= 4 is 40.7 Å². The summed E-state index contributed by atoms with van der Waals surface area (Å²) in [6.07, 6.45) is -5.67. The lowest BCUT2D eigenvalue weighted by Crippen LogP contribution is -2.55. The number of carbonyl (C=O) groups excluding carboxylic acids is 3. The van der Waals surface area contributed by atoms with Crippen LogP contribution in [0.3, 0.4) is 0 Å². The predicted octanol–water partition coefficient (Wildman–Crippen LogP) is 3.40. The van der Waals surface area contributed by atoms with Gasteiger partial charge >= 0.3 is 6.18 Å². The Bertz CT molecular complexity index is 1100. The van der Waals surface area contributed by atoms with Gasteiger partial charge in [0.1, 0.15) is 6.04 Å². The van der Waals surface area contributed by atoms with Crippen molar-refractivity contribution in [2.24, 2.45) is 0 Å². The van der Waals surface area contributed by atoms with E-state index in [1.165, 1.54) is 18.2 Å². The summed E-state index contributed by atoms with van der Waals surface area (Å²) in [5, 5.41) is 2.90. The van der Waals surface area contributed by atoms with Crippen LogP contribution in [-0.4, -0.2) is 72.5 Å². The minimum atomic E-state index is -4.79. The van der Waals surface area contributed by atoms with E-state index in [2.05, 4.69) is 5.32 Å². The molecular weight excluding hydrogens is 473 g/mol. The summed E-state index contributed by atoms with van der Waals surface area (Å²) in [7, 11) is 0. The number of alkyl halides is 3. The molecule has 0 bridgehead atoms. The van der Waals surface area contributed by atoms with Gasteiger partial charge in [-0.2, -0.15) is 13.2 Å². The minimum Gasteiger partial charge on any atom is -0.336 e. The first-order chi connectivity index (χ1) is 16.1. The van der Waals surface area contributed by atoms with E-state index >= 15 is 0 Å². The number of benzene rings is 2. The largest absolute Gasteiger partial charge is 0.409 e. The quantitative estimate of drug-likeness (QED) is 0.710. The van der Waals surface area contributed by atoms with Crippen molar-refractivity contribution in [3.05, 3.63) is 59.1 Å². The number of piperazine rings is 1.